The number of phosphoric ester groups is 1. The van der Waals surface area contributed by atoms with Gasteiger partial charge in [-0.1, -0.05) is 316 Å². The lowest BCUT2D eigenvalue weighted by Crippen LogP contribution is -2.47. The summed E-state index contributed by atoms with van der Waals surface area (Å²) in [5, 5.41) is 3.05. The van der Waals surface area contributed by atoms with Crippen LogP contribution in [0.3, 0.4) is 0 Å². The van der Waals surface area contributed by atoms with Crippen LogP contribution in [-0.2, 0) is 27.9 Å². The van der Waals surface area contributed by atoms with Gasteiger partial charge in [0.1, 0.15) is 19.3 Å². The lowest BCUT2D eigenvalue weighted by Gasteiger charge is -2.30. The normalized spacial score (nSPS) is 13.6. The first-order valence-corrected chi connectivity index (χ1v) is 35.0. The Balaban J connectivity index is 5.12. The highest BCUT2D eigenvalue weighted by atomic mass is 31.2. The van der Waals surface area contributed by atoms with E-state index in [-0.39, 0.29) is 31.5 Å². The first-order valence-electron chi connectivity index (χ1n) is 33.5. The van der Waals surface area contributed by atoms with E-state index in [2.05, 4.69) is 26.1 Å². The molecule has 0 heterocycles. The van der Waals surface area contributed by atoms with E-state index in [1.54, 1.807) is 0 Å². The highest BCUT2D eigenvalue weighted by Gasteiger charge is 2.27. The summed E-state index contributed by atoms with van der Waals surface area (Å²) in [4.78, 5) is 40.1. The van der Waals surface area contributed by atoms with Gasteiger partial charge in [0, 0.05) is 12.8 Å². The molecule has 0 bridgehead atoms. The molecule has 0 aliphatic heterocycles. The lowest BCUT2D eigenvalue weighted by molar-refractivity contribution is -0.870. The number of hydrogen-bond acceptors (Lipinski definition) is 7. The van der Waals surface area contributed by atoms with E-state index < -0.39 is 20.0 Å². The van der Waals surface area contributed by atoms with Gasteiger partial charge in [-0.25, -0.2) is 0 Å². The van der Waals surface area contributed by atoms with Gasteiger partial charge in [-0.15, -0.1) is 0 Å². The van der Waals surface area contributed by atoms with Gasteiger partial charge >= 0.3 is 5.97 Å². The van der Waals surface area contributed by atoms with E-state index in [0.717, 1.165) is 57.8 Å². The summed E-state index contributed by atoms with van der Waals surface area (Å²) in [6.45, 7) is 6.91. The van der Waals surface area contributed by atoms with Crippen molar-refractivity contribution in [2.75, 3.05) is 40.9 Å². The van der Waals surface area contributed by atoms with Crippen molar-refractivity contribution in [1.82, 2.24) is 5.32 Å². The van der Waals surface area contributed by atoms with Crippen molar-refractivity contribution in [3.63, 3.8) is 0 Å². The topological polar surface area (TPSA) is 114 Å². The van der Waals surface area contributed by atoms with E-state index in [0.29, 0.717) is 17.4 Å². The van der Waals surface area contributed by atoms with Gasteiger partial charge < -0.3 is 28.5 Å². The van der Waals surface area contributed by atoms with Crippen LogP contribution in [0.2, 0.25) is 0 Å². The van der Waals surface area contributed by atoms with E-state index in [1.165, 1.54) is 257 Å². The molecule has 0 aromatic heterocycles. The molecule has 0 saturated heterocycles. The Hall–Kier alpha value is -1.25. The number of unbranched alkanes of at least 4 members (excludes halogenated alkanes) is 46. The number of quaternary nitrogens is 1. The number of nitrogens with zero attached hydrogens (tertiary/aromatic N) is 1. The van der Waals surface area contributed by atoms with Gasteiger partial charge in [-0.05, 0) is 31.8 Å². The minimum atomic E-state index is -4.69. The van der Waals surface area contributed by atoms with Crippen molar-refractivity contribution >= 4 is 19.7 Å². The fourth-order valence-electron chi connectivity index (χ4n) is 10.3. The van der Waals surface area contributed by atoms with Crippen molar-refractivity contribution in [2.24, 2.45) is 0 Å². The summed E-state index contributed by atoms with van der Waals surface area (Å²) in [6.07, 6.45) is 66.1. The fourth-order valence-corrected chi connectivity index (χ4v) is 11.0. The molecule has 0 aliphatic carbocycles. The Kier molecular flexibility index (Phi) is 56.1. The minimum absolute atomic E-state index is 0.0165. The number of esters is 1. The molecule has 1 amide bonds. The first kappa shape index (κ1) is 74.8. The molecule has 9 nitrogen and oxygen atoms in total. The summed E-state index contributed by atoms with van der Waals surface area (Å²) in [5.74, 6) is -0.515. The first-order chi connectivity index (χ1) is 36.9. The Labute approximate surface area is 473 Å². The molecule has 3 atom stereocenters. The zero-order chi connectivity index (χ0) is 55.7. The van der Waals surface area contributed by atoms with E-state index >= 15 is 0 Å². The number of likely N-dealkylation sites (N-methyl/N-ethyl adjacent to an activating group) is 1. The fraction of sp³-hybridized carbons (Fsp3) is 0.939. The zero-order valence-corrected chi connectivity index (χ0v) is 52.6. The molecule has 1 N–H and O–H groups in total. The number of amides is 1. The van der Waals surface area contributed by atoms with Gasteiger partial charge in [0.2, 0.25) is 5.91 Å². The summed E-state index contributed by atoms with van der Waals surface area (Å²) < 4.78 is 30.4. The quantitative estimate of drug-likeness (QED) is 0.0212. The zero-order valence-electron chi connectivity index (χ0n) is 51.7. The summed E-state index contributed by atoms with van der Waals surface area (Å²) in [6, 6.07) is -0.880. The Bertz CT molecular complexity index is 1310. The predicted molar refractivity (Wildman–Crippen MR) is 326 cm³/mol. The third kappa shape index (κ3) is 57.4. The average Bonchev–Trinajstić information content (AvgIpc) is 3.38. The molecule has 0 aliphatic rings. The molecule has 452 valence electrons. The summed E-state index contributed by atoms with van der Waals surface area (Å²) in [5.41, 5.74) is 0. The monoisotopic (exact) mass is 1090 g/mol. The summed E-state index contributed by atoms with van der Waals surface area (Å²) >= 11 is 0. The third-order valence-corrected chi connectivity index (χ3v) is 16.4. The van der Waals surface area contributed by atoms with Crippen LogP contribution in [-0.4, -0.2) is 69.4 Å². The Morgan fingerprint density at radius 3 is 1.08 bits per heavy atom. The number of rotatable bonds is 62. The molecule has 0 rings (SSSR count). The second-order valence-corrected chi connectivity index (χ2v) is 25.8. The number of phosphoric acid groups is 1. The molecule has 0 aromatic carbocycles. The number of carbonyl (C=O) groups is 2. The maximum Gasteiger partial charge on any atom is 0.306 e. The number of nitrogens with one attached hydrogen (secondary N) is 1. The molecule has 0 radical (unpaired) electrons. The SMILES string of the molecule is CCCCCCCCCCCC/C=C/C(OC(=O)CCCCCCCCCCCCCCCCCCCCC)C(COP(=O)([O-])OCC[N+](C)(C)C)NC(=O)CCCCCCCCCCCCCCCCCCCCC. The van der Waals surface area contributed by atoms with Crippen LogP contribution in [0.15, 0.2) is 12.2 Å². The second kappa shape index (κ2) is 57.0. The van der Waals surface area contributed by atoms with Gasteiger partial charge in [0.05, 0.1) is 33.8 Å². The Morgan fingerprint density at radius 1 is 0.447 bits per heavy atom. The number of ether oxygens (including phenoxy) is 1. The third-order valence-electron chi connectivity index (χ3n) is 15.5. The van der Waals surface area contributed by atoms with Crippen molar-refractivity contribution in [2.45, 2.75) is 360 Å². The smallest absolute Gasteiger partial charge is 0.306 e. The average molecular weight is 1100 g/mol. The van der Waals surface area contributed by atoms with E-state index in [4.69, 9.17) is 13.8 Å². The van der Waals surface area contributed by atoms with Crippen LogP contribution in [0, 0.1) is 0 Å². The van der Waals surface area contributed by atoms with Crippen LogP contribution in [0.5, 0.6) is 0 Å². The highest BCUT2D eigenvalue weighted by molar-refractivity contribution is 7.45. The van der Waals surface area contributed by atoms with Crippen LogP contribution >= 0.6 is 7.82 Å². The maximum atomic E-state index is 13.6. The van der Waals surface area contributed by atoms with Crippen LogP contribution < -0.4 is 10.2 Å². The van der Waals surface area contributed by atoms with Crippen LogP contribution in [0.25, 0.3) is 0 Å². The lowest BCUT2D eigenvalue weighted by atomic mass is 10.0. The van der Waals surface area contributed by atoms with Crippen molar-refractivity contribution in [3.05, 3.63) is 12.2 Å². The second-order valence-electron chi connectivity index (χ2n) is 24.3. The van der Waals surface area contributed by atoms with Gasteiger partial charge in [0.15, 0.2) is 0 Å². The molecular weight excluding hydrogens is 964 g/mol. The van der Waals surface area contributed by atoms with Crippen molar-refractivity contribution < 1.29 is 37.3 Å². The van der Waals surface area contributed by atoms with E-state index in [1.807, 2.05) is 33.3 Å². The van der Waals surface area contributed by atoms with E-state index in [9.17, 15) is 19.0 Å². The van der Waals surface area contributed by atoms with Crippen LogP contribution in [0.1, 0.15) is 348 Å². The number of carbonyl (C=O) groups excluding carboxylic acids is 2. The molecule has 0 saturated carbocycles. The number of hydrogen-bond donors (Lipinski definition) is 1. The molecular formula is C66H131N2O7P. The number of allylic oxidation sites excluding steroid dienone is 1. The van der Waals surface area contributed by atoms with Gasteiger partial charge in [-0.3, -0.25) is 14.2 Å². The summed E-state index contributed by atoms with van der Waals surface area (Å²) in [7, 11) is 1.21. The van der Waals surface area contributed by atoms with Crippen LogP contribution in [0.4, 0.5) is 0 Å². The van der Waals surface area contributed by atoms with Crippen molar-refractivity contribution in [1.29, 1.82) is 0 Å². The van der Waals surface area contributed by atoms with Crippen molar-refractivity contribution in [3.8, 4) is 0 Å². The molecule has 76 heavy (non-hydrogen) atoms. The van der Waals surface area contributed by atoms with Gasteiger partial charge in [0.25, 0.3) is 7.82 Å². The highest BCUT2D eigenvalue weighted by Crippen LogP contribution is 2.38. The molecule has 3 unspecified atom stereocenters. The Morgan fingerprint density at radius 2 is 0.750 bits per heavy atom. The molecule has 0 spiro atoms. The minimum Gasteiger partial charge on any atom is -0.756 e. The molecule has 0 fully saturated rings. The van der Waals surface area contributed by atoms with Gasteiger partial charge in [-0.2, -0.15) is 0 Å². The molecule has 10 heteroatoms. The standard InChI is InChI=1S/C66H131N2O7P/c1-7-10-13-16-19-22-25-28-30-32-34-36-38-40-43-46-49-52-55-58-65(69)67-63(62-74-76(71,72)73-61-60-68(4,5)6)64(57-54-51-48-45-42-27-24-21-18-15-12-9-3)75-66(70)59-56-53-50-47-44-41-39-37-35-33-31-29-26-23-20-17-14-11-8-2/h54,57,63-64H,7-53,55-56,58-62H2,1-6H3,(H-,67,69,71,72)/b57-54+. The largest absolute Gasteiger partial charge is 0.756 e. The maximum absolute atomic E-state index is 13.6. The predicted octanol–water partition coefficient (Wildman–Crippen LogP) is 20.1. The molecule has 0 aromatic rings.